The van der Waals surface area contributed by atoms with Crippen molar-refractivity contribution < 1.29 is 4.79 Å². The first-order valence-corrected chi connectivity index (χ1v) is 10.6. The van der Waals surface area contributed by atoms with Gasteiger partial charge in [-0.25, -0.2) is 9.97 Å². The van der Waals surface area contributed by atoms with Gasteiger partial charge in [0.25, 0.3) is 0 Å². The molecule has 0 aliphatic carbocycles. The smallest absolute Gasteiger partial charge is 0.225 e. The minimum absolute atomic E-state index is 0.0415. The molecule has 0 unspecified atom stereocenters. The van der Waals surface area contributed by atoms with Crippen molar-refractivity contribution in [1.29, 1.82) is 0 Å². The third kappa shape index (κ3) is 4.09. The van der Waals surface area contributed by atoms with Gasteiger partial charge in [-0.05, 0) is 32.1 Å². The molecule has 3 aromatic rings. The van der Waals surface area contributed by atoms with Crippen molar-refractivity contribution in [3.8, 4) is 11.3 Å². The van der Waals surface area contributed by atoms with E-state index in [1.807, 2.05) is 23.7 Å². The van der Waals surface area contributed by atoms with Gasteiger partial charge in [0.15, 0.2) is 5.13 Å². The second-order valence-electron chi connectivity index (χ2n) is 7.29. The van der Waals surface area contributed by atoms with Gasteiger partial charge in [-0.2, -0.15) is 0 Å². The predicted molar refractivity (Wildman–Crippen MR) is 114 cm³/mol. The number of anilines is 1. The van der Waals surface area contributed by atoms with Crippen molar-refractivity contribution in [3.05, 3.63) is 29.9 Å². The third-order valence-corrected chi connectivity index (χ3v) is 6.15. The van der Waals surface area contributed by atoms with Crippen LogP contribution in [0.2, 0.25) is 0 Å². The molecule has 1 amide bonds. The lowest BCUT2D eigenvalue weighted by molar-refractivity contribution is -0.116. The number of hydrogen-bond acceptors (Lipinski definition) is 6. The molecule has 0 spiro atoms. The van der Waals surface area contributed by atoms with Gasteiger partial charge in [-0.1, -0.05) is 0 Å². The minimum atomic E-state index is 0.0415. The lowest BCUT2D eigenvalue weighted by atomic mass is 10.2. The molecule has 1 aliphatic heterocycles. The molecule has 1 saturated heterocycles. The Morgan fingerprint density at radius 2 is 2.14 bits per heavy atom. The van der Waals surface area contributed by atoms with Crippen molar-refractivity contribution in [2.75, 3.05) is 51.2 Å². The molecular formula is C20H26N6OS. The van der Waals surface area contributed by atoms with Gasteiger partial charge in [0.2, 0.25) is 5.91 Å². The molecule has 28 heavy (non-hydrogen) atoms. The summed E-state index contributed by atoms with van der Waals surface area (Å²) < 4.78 is 0. The molecule has 3 aromatic heterocycles. The first kappa shape index (κ1) is 19.0. The molecule has 0 radical (unpaired) electrons. The number of carbonyl (C=O) groups excluding carboxylic acids is 1. The Morgan fingerprint density at radius 3 is 2.93 bits per heavy atom. The molecule has 148 valence electrons. The first-order valence-electron chi connectivity index (χ1n) is 9.69. The van der Waals surface area contributed by atoms with Crippen LogP contribution in [-0.2, 0) is 4.79 Å². The van der Waals surface area contributed by atoms with Gasteiger partial charge >= 0.3 is 0 Å². The van der Waals surface area contributed by atoms with Crippen LogP contribution in [0.25, 0.3) is 22.3 Å². The number of amides is 1. The maximum Gasteiger partial charge on any atom is 0.225 e. The van der Waals surface area contributed by atoms with E-state index in [2.05, 4.69) is 26.8 Å². The summed E-state index contributed by atoms with van der Waals surface area (Å²) in [7, 11) is 2.17. The van der Waals surface area contributed by atoms with Crippen molar-refractivity contribution in [3.63, 3.8) is 0 Å². The number of nitrogens with zero attached hydrogens (tertiary/aromatic N) is 5. The number of hydrogen-bond donors (Lipinski definition) is 1. The van der Waals surface area contributed by atoms with E-state index in [1.54, 1.807) is 18.0 Å². The SMILES string of the molecule is CC(=O)N(CCCN1CCN(C)CC1)c1nc(-c2c[nH]c3ncccc23)cs1. The summed E-state index contributed by atoms with van der Waals surface area (Å²) in [5, 5.41) is 3.82. The van der Waals surface area contributed by atoms with Crippen LogP contribution in [0.15, 0.2) is 29.9 Å². The van der Waals surface area contributed by atoms with Gasteiger partial charge in [0.1, 0.15) is 5.65 Å². The fourth-order valence-electron chi connectivity index (χ4n) is 3.59. The molecular weight excluding hydrogens is 372 g/mol. The van der Waals surface area contributed by atoms with Gasteiger partial charge in [-0.3, -0.25) is 9.69 Å². The summed E-state index contributed by atoms with van der Waals surface area (Å²) in [6.45, 7) is 7.78. The highest BCUT2D eigenvalue weighted by molar-refractivity contribution is 7.14. The number of nitrogens with one attached hydrogen (secondary N) is 1. The lowest BCUT2D eigenvalue weighted by Gasteiger charge is -2.32. The number of rotatable bonds is 6. The Hall–Kier alpha value is -2.29. The van der Waals surface area contributed by atoms with E-state index < -0.39 is 0 Å². The normalized spacial score (nSPS) is 15.9. The number of fused-ring (bicyclic) bond motifs is 1. The first-order chi connectivity index (χ1) is 13.6. The molecule has 7 nitrogen and oxygen atoms in total. The maximum atomic E-state index is 12.2. The summed E-state index contributed by atoms with van der Waals surface area (Å²) in [6, 6.07) is 3.96. The van der Waals surface area contributed by atoms with E-state index in [4.69, 9.17) is 4.98 Å². The summed E-state index contributed by atoms with van der Waals surface area (Å²) in [5.74, 6) is 0.0415. The molecule has 4 heterocycles. The minimum Gasteiger partial charge on any atom is -0.345 e. The Bertz CT molecular complexity index is 943. The highest BCUT2D eigenvalue weighted by Gasteiger charge is 2.19. The Balaban J connectivity index is 1.43. The van der Waals surface area contributed by atoms with Gasteiger partial charge in [-0.15, -0.1) is 11.3 Å². The van der Waals surface area contributed by atoms with Crippen molar-refractivity contribution in [1.82, 2.24) is 24.8 Å². The predicted octanol–water partition coefficient (Wildman–Crippen LogP) is 2.68. The zero-order chi connectivity index (χ0) is 19.5. The van der Waals surface area contributed by atoms with Crippen LogP contribution < -0.4 is 4.90 Å². The number of likely N-dealkylation sites (N-methyl/N-ethyl adjacent to an activating group) is 1. The van der Waals surface area contributed by atoms with E-state index in [9.17, 15) is 4.79 Å². The van der Waals surface area contributed by atoms with E-state index >= 15 is 0 Å². The van der Waals surface area contributed by atoms with Crippen LogP contribution >= 0.6 is 11.3 Å². The van der Waals surface area contributed by atoms with E-state index in [-0.39, 0.29) is 5.91 Å². The largest absolute Gasteiger partial charge is 0.345 e. The standard InChI is InChI=1S/C20H26N6OS/c1-15(27)26(8-4-7-25-11-9-24(2)10-12-25)20-23-18(14-28-20)17-13-22-19-16(17)5-3-6-21-19/h3,5-6,13-14H,4,7-12H2,1-2H3,(H,21,22). The van der Waals surface area contributed by atoms with Gasteiger partial charge in [0.05, 0.1) is 5.69 Å². The average Bonchev–Trinajstić information content (AvgIpc) is 3.33. The quantitative estimate of drug-likeness (QED) is 0.691. The van der Waals surface area contributed by atoms with Gasteiger partial charge < -0.3 is 14.8 Å². The summed E-state index contributed by atoms with van der Waals surface area (Å²) in [6.07, 6.45) is 4.66. The number of aromatic amines is 1. The van der Waals surface area contributed by atoms with E-state index in [1.165, 1.54) is 11.3 Å². The molecule has 0 aromatic carbocycles. The topological polar surface area (TPSA) is 68.4 Å². The van der Waals surface area contributed by atoms with Crippen LogP contribution in [0.3, 0.4) is 0 Å². The fourth-order valence-corrected chi connectivity index (χ4v) is 4.49. The molecule has 0 atom stereocenters. The molecule has 1 aliphatic rings. The Kier molecular flexibility index (Phi) is 5.70. The van der Waals surface area contributed by atoms with Crippen LogP contribution in [0.5, 0.6) is 0 Å². The van der Waals surface area contributed by atoms with Crippen molar-refractivity contribution in [2.45, 2.75) is 13.3 Å². The second kappa shape index (κ2) is 8.38. The highest BCUT2D eigenvalue weighted by Crippen LogP contribution is 2.31. The summed E-state index contributed by atoms with van der Waals surface area (Å²) in [4.78, 5) is 31.1. The van der Waals surface area contributed by atoms with Crippen molar-refractivity contribution >= 4 is 33.4 Å². The fraction of sp³-hybridized carbons (Fsp3) is 0.450. The molecule has 4 rings (SSSR count). The average molecular weight is 399 g/mol. The number of thiazole rings is 1. The van der Waals surface area contributed by atoms with Crippen LogP contribution in [0, 0.1) is 0 Å². The van der Waals surface area contributed by atoms with Crippen LogP contribution in [-0.4, -0.2) is 77.0 Å². The number of pyridine rings is 1. The Labute approximate surface area is 169 Å². The second-order valence-corrected chi connectivity index (χ2v) is 8.12. The molecule has 0 bridgehead atoms. The third-order valence-electron chi connectivity index (χ3n) is 5.28. The summed E-state index contributed by atoms with van der Waals surface area (Å²) >= 11 is 1.52. The molecule has 1 fully saturated rings. The summed E-state index contributed by atoms with van der Waals surface area (Å²) in [5.41, 5.74) is 2.75. The number of aromatic nitrogens is 3. The molecule has 0 saturated carbocycles. The number of piperazine rings is 1. The van der Waals surface area contributed by atoms with Crippen LogP contribution in [0.4, 0.5) is 5.13 Å². The Morgan fingerprint density at radius 1 is 1.32 bits per heavy atom. The highest BCUT2D eigenvalue weighted by atomic mass is 32.1. The number of carbonyl (C=O) groups is 1. The van der Waals surface area contributed by atoms with Crippen molar-refractivity contribution in [2.24, 2.45) is 0 Å². The zero-order valence-electron chi connectivity index (χ0n) is 16.4. The maximum absolute atomic E-state index is 12.2. The van der Waals surface area contributed by atoms with Crippen LogP contribution in [0.1, 0.15) is 13.3 Å². The van der Waals surface area contributed by atoms with E-state index in [0.29, 0.717) is 6.54 Å². The van der Waals surface area contributed by atoms with E-state index in [0.717, 1.165) is 66.6 Å². The number of H-pyrrole nitrogens is 1. The van der Waals surface area contributed by atoms with Gasteiger partial charge in [0, 0.05) is 68.4 Å². The zero-order valence-corrected chi connectivity index (χ0v) is 17.2. The lowest BCUT2D eigenvalue weighted by Crippen LogP contribution is -2.45. The molecule has 8 heteroatoms. The monoisotopic (exact) mass is 398 g/mol. The molecule has 1 N–H and O–H groups in total.